The van der Waals surface area contributed by atoms with Gasteiger partial charge in [-0.3, -0.25) is 0 Å². The van der Waals surface area contributed by atoms with Crippen LogP contribution in [0.5, 0.6) is 0 Å². The van der Waals surface area contributed by atoms with Crippen molar-refractivity contribution >= 4 is 33.0 Å². The molecule has 1 N–H and O–H groups in total. The van der Waals surface area contributed by atoms with Gasteiger partial charge < -0.3 is 5.32 Å². The molecule has 0 aliphatic rings. The normalized spacial score (nSPS) is 9.88. The zero-order valence-corrected chi connectivity index (χ0v) is 11.5. The van der Waals surface area contributed by atoms with Gasteiger partial charge in [0.05, 0.1) is 11.3 Å². The minimum absolute atomic E-state index is 0.665. The first kappa shape index (κ1) is 12.2. The number of anilines is 1. The Morgan fingerprint density at radius 1 is 1.29 bits per heavy atom. The van der Waals surface area contributed by atoms with Crippen molar-refractivity contribution < 1.29 is 0 Å². The Kier molecular flexibility index (Phi) is 4.18. The maximum atomic E-state index is 9.06. The van der Waals surface area contributed by atoms with Gasteiger partial charge in [-0.15, -0.1) is 11.3 Å². The van der Waals surface area contributed by atoms with E-state index in [9.17, 15) is 0 Å². The number of hydrogen-bond donors (Lipinski definition) is 1. The lowest BCUT2D eigenvalue weighted by atomic mass is 10.2. The molecule has 0 spiro atoms. The van der Waals surface area contributed by atoms with Gasteiger partial charge in [0.2, 0.25) is 0 Å². The van der Waals surface area contributed by atoms with E-state index >= 15 is 0 Å². The smallest absolute Gasteiger partial charge is 0.103 e. The van der Waals surface area contributed by atoms with Crippen LogP contribution in [0.4, 0.5) is 5.69 Å². The number of nitriles is 1. The summed E-state index contributed by atoms with van der Waals surface area (Å²) in [5.74, 6) is 0. The molecule has 0 aliphatic heterocycles. The first-order chi connectivity index (χ1) is 8.31. The molecule has 0 amide bonds. The van der Waals surface area contributed by atoms with Crippen LogP contribution in [0.15, 0.2) is 40.2 Å². The molecule has 17 heavy (non-hydrogen) atoms. The standard InChI is InChI=1S/C13H11BrN2S/c14-12-4-1-5-13(11(12)9-15)16-7-6-10-3-2-8-17-10/h1-5,8,16H,6-7H2. The van der Waals surface area contributed by atoms with Crippen LogP contribution in [0, 0.1) is 11.3 Å². The van der Waals surface area contributed by atoms with Gasteiger partial charge in [0, 0.05) is 15.9 Å². The Morgan fingerprint density at radius 3 is 2.88 bits per heavy atom. The van der Waals surface area contributed by atoms with Gasteiger partial charge in [-0.1, -0.05) is 12.1 Å². The van der Waals surface area contributed by atoms with E-state index in [4.69, 9.17) is 5.26 Å². The van der Waals surface area contributed by atoms with Gasteiger partial charge in [0.1, 0.15) is 6.07 Å². The summed E-state index contributed by atoms with van der Waals surface area (Å²) in [5.41, 5.74) is 1.55. The molecule has 0 saturated carbocycles. The minimum Gasteiger partial charge on any atom is -0.384 e. The quantitative estimate of drug-likeness (QED) is 0.925. The monoisotopic (exact) mass is 306 g/mol. The van der Waals surface area contributed by atoms with E-state index in [0.717, 1.165) is 23.1 Å². The second-order valence-corrected chi connectivity index (χ2v) is 5.42. The number of benzene rings is 1. The summed E-state index contributed by atoms with van der Waals surface area (Å²) in [6, 6.07) is 12.1. The van der Waals surface area contributed by atoms with Gasteiger partial charge in [0.25, 0.3) is 0 Å². The van der Waals surface area contributed by atoms with E-state index in [1.54, 1.807) is 11.3 Å². The number of nitrogens with zero attached hydrogens (tertiary/aromatic N) is 1. The van der Waals surface area contributed by atoms with E-state index in [1.165, 1.54) is 4.88 Å². The van der Waals surface area contributed by atoms with Crippen molar-refractivity contribution in [2.24, 2.45) is 0 Å². The van der Waals surface area contributed by atoms with E-state index in [2.05, 4.69) is 44.8 Å². The molecule has 86 valence electrons. The zero-order valence-electron chi connectivity index (χ0n) is 9.11. The molecule has 0 unspecified atom stereocenters. The van der Waals surface area contributed by atoms with Crippen molar-refractivity contribution in [3.63, 3.8) is 0 Å². The molecular weight excluding hydrogens is 296 g/mol. The fourth-order valence-corrected chi connectivity index (χ4v) is 2.72. The van der Waals surface area contributed by atoms with E-state index in [-0.39, 0.29) is 0 Å². The topological polar surface area (TPSA) is 35.8 Å². The molecule has 0 radical (unpaired) electrons. The predicted octanol–water partition coefficient (Wildman–Crippen LogP) is 4.04. The van der Waals surface area contributed by atoms with Crippen molar-refractivity contribution in [1.29, 1.82) is 5.26 Å². The van der Waals surface area contributed by atoms with Gasteiger partial charge in [0.15, 0.2) is 0 Å². The Bertz CT molecular complexity index is 529. The van der Waals surface area contributed by atoms with Crippen LogP contribution < -0.4 is 5.32 Å². The third-order valence-electron chi connectivity index (χ3n) is 2.39. The summed E-state index contributed by atoms with van der Waals surface area (Å²) in [7, 11) is 0. The first-order valence-corrected chi connectivity index (χ1v) is 6.93. The Morgan fingerprint density at radius 2 is 2.18 bits per heavy atom. The van der Waals surface area contributed by atoms with E-state index < -0.39 is 0 Å². The van der Waals surface area contributed by atoms with Crippen molar-refractivity contribution in [3.8, 4) is 6.07 Å². The van der Waals surface area contributed by atoms with E-state index in [1.807, 2.05) is 18.2 Å². The van der Waals surface area contributed by atoms with Crippen molar-refractivity contribution in [1.82, 2.24) is 0 Å². The maximum absolute atomic E-state index is 9.06. The third kappa shape index (κ3) is 3.09. The molecule has 1 aromatic heterocycles. The van der Waals surface area contributed by atoms with Crippen LogP contribution in [0.1, 0.15) is 10.4 Å². The number of hydrogen-bond acceptors (Lipinski definition) is 3. The summed E-state index contributed by atoms with van der Waals surface area (Å²) in [4.78, 5) is 1.35. The Hall–Kier alpha value is -1.31. The third-order valence-corrected chi connectivity index (χ3v) is 3.99. The van der Waals surface area contributed by atoms with Crippen LogP contribution in [0.25, 0.3) is 0 Å². The van der Waals surface area contributed by atoms with E-state index in [0.29, 0.717) is 5.56 Å². The van der Waals surface area contributed by atoms with Crippen LogP contribution >= 0.6 is 27.3 Å². The molecule has 2 nitrogen and oxygen atoms in total. The van der Waals surface area contributed by atoms with Gasteiger partial charge in [-0.25, -0.2) is 0 Å². The average molecular weight is 307 g/mol. The second-order valence-electron chi connectivity index (χ2n) is 3.53. The summed E-state index contributed by atoms with van der Waals surface area (Å²) < 4.78 is 0.834. The van der Waals surface area contributed by atoms with Crippen LogP contribution in [0.2, 0.25) is 0 Å². The Balaban J connectivity index is 2.00. The molecule has 2 aromatic rings. The molecule has 0 saturated heterocycles. The lowest BCUT2D eigenvalue weighted by Crippen LogP contribution is -2.05. The summed E-state index contributed by atoms with van der Waals surface area (Å²) in [5, 5.41) is 14.4. The number of thiophene rings is 1. The fraction of sp³-hybridized carbons (Fsp3) is 0.154. The number of halogens is 1. The summed E-state index contributed by atoms with van der Waals surface area (Å²) in [6.45, 7) is 0.839. The average Bonchev–Trinajstić information content (AvgIpc) is 2.82. The lowest BCUT2D eigenvalue weighted by molar-refractivity contribution is 1.04. The van der Waals surface area contributed by atoms with Gasteiger partial charge in [-0.2, -0.15) is 5.26 Å². The Labute approximate surface area is 113 Å². The molecule has 1 aromatic carbocycles. The highest BCUT2D eigenvalue weighted by Gasteiger charge is 2.04. The number of rotatable bonds is 4. The highest BCUT2D eigenvalue weighted by Crippen LogP contribution is 2.23. The largest absolute Gasteiger partial charge is 0.384 e. The summed E-state index contributed by atoms with van der Waals surface area (Å²) in [6.07, 6.45) is 0.981. The summed E-state index contributed by atoms with van der Waals surface area (Å²) >= 11 is 5.13. The van der Waals surface area contributed by atoms with Crippen molar-refractivity contribution in [2.45, 2.75) is 6.42 Å². The highest BCUT2D eigenvalue weighted by molar-refractivity contribution is 9.10. The van der Waals surface area contributed by atoms with Crippen molar-refractivity contribution in [3.05, 3.63) is 50.6 Å². The molecule has 0 atom stereocenters. The molecule has 0 aliphatic carbocycles. The predicted molar refractivity (Wildman–Crippen MR) is 75.4 cm³/mol. The molecule has 2 rings (SSSR count). The van der Waals surface area contributed by atoms with Crippen LogP contribution in [0.3, 0.4) is 0 Å². The lowest BCUT2D eigenvalue weighted by Gasteiger charge is -2.08. The van der Waals surface area contributed by atoms with Crippen LogP contribution in [-0.4, -0.2) is 6.54 Å². The second kappa shape index (κ2) is 5.85. The minimum atomic E-state index is 0.665. The molecule has 0 fully saturated rings. The number of nitrogens with one attached hydrogen (secondary N) is 1. The van der Waals surface area contributed by atoms with Crippen molar-refractivity contribution in [2.75, 3.05) is 11.9 Å². The van der Waals surface area contributed by atoms with Crippen LogP contribution in [-0.2, 0) is 6.42 Å². The fourth-order valence-electron chi connectivity index (χ4n) is 1.56. The van der Waals surface area contributed by atoms with Gasteiger partial charge >= 0.3 is 0 Å². The van der Waals surface area contributed by atoms with Gasteiger partial charge in [-0.05, 0) is 45.9 Å². The zero-order chi connectivity index (χ0) is 12.1. The highest BCUT2D eigenvalue weighted by atomic mass is 79.9. The molecule has 4 heteroatoms. The first-order valence-electron chi connectivity index (χ1n) is 5.26. The SMILES string of the molecule is N#Cc1c(Br)cccc1NCCc1cccs1. The molecule has 0 bridgehead atoms. The molecule has 1 heterocycles. The maximum Gasteiger partial charge on any atom is 0.103 e. The molecular formula is C13H11BrN2S.